The Balaban J connectivity index is 1.39. The van der Waals surface area contributed by atoms with E-state index in [4.69, 9.17) is 0 Å². The number of nitrogens with zero attached hydrogens (tertiary/aromatic N) is 1. The van der Waals surface area contributed by atoms with E-state index < -0.39 is 0 Å². The zero-order valence-corrected chi connectivity index (χ0v) is 17.4. The summed E-state index contributed by atoms with van der Waals surface area (Å²) >= 11 is 0. The molecule has 2 heterocycles. The fourth-order valence-corrected chi connectivity index (χ4v) is 4.43. The third-order valence-corrected chi connectivity index (χ3v) is 6.06. The summed E-state index contributed by atoms with van der Waals surface area (Å²) < 4.78 is 0. The molecule has 3 aromatic carbocycles. The maximum Gasteiger partial charge on any atom is 0.256 e. The molecule has 3 aromatic rings. The monoisotopic (exact) mass is 411 g/mol. The molecule has 0 saturated carbocycles. The van der Waals surface area contributed by atoms with Crippen molar-refractivity contribution in [2.75, 3.05) is 30.3 Å². The van der Waals surface area contributed by atoms with Crippen LogP contribution in [0.15, 0.2) is 60.7 Å². The Morgan fingerprint density at radius 2 is 1.84 bits per heavy atom. The zero-order chi connectivity index (χ0) is 21.2. The Morgan fingerprint density at radius 3 is 2.71 bits per heavy atom. The van der Waals surface area contributed by atoms with Crippen molar-refractivity contribution in [2.45, 2.75) is 19.3 Å². The lowest BCUT2D eigenvalue weighted by molar-refractivity contribution is -0.116. The van der Waals surface area contributed by atoms with Crippen LogP contribution in [0.3, 0.4) is 0 Å². The number of hydrogen-bond donors (Lipinski definition) is 2. The van der Waals surface area contributed by atoms with Crippen molar-refractivity contribution in [2.24, 2.45) is 0 Å². The largest absolute Gasteiger partial charge is 0.326 e. The van der Waals surface area contributed by atoms with E-state index in [1.165, 1.54) is 12.8 Å². The third-order valence-electron chi connectivity index (χ3n) is 6.06. The molecular formula is C26H25N3O2. The van der Waals surface area contributed by atoms with Crippen LogP contribution in [-0.4, -0.2) is 36.3 Å². The number of carbonyl (C=O) groups is 2. The molecule has 5 heteroatoms. The highest BCUT2D eigenvalue weighted by molar-refractivity contribution is 6.35. The van der Waals surface area contributed by atoms with Crippen molar-refractivity contribution in [1.82, 2.24) is 4.90 Å². The number of hydrogen-bond acceptors (Lipinski definition) is 3. The van der Waals surface area contributed by atoms with Crippen molar-refractivity contribution in [3.63, 3.8) is 0 Å². The Bertz CT molecular complexity index is 1190. The van der Waals surface area contributed by atoms with Gasteiger partial charge in [0.2, 0.25) is 5.91 Å². The first-order valence-corrected chi connectivity index (χ1v) is 10.8. The number of nitrogens with one attached hydrogen (secondary N) is 2. The summed E-state index contributed by atoms with van der Waals surface area (Å²) in [4.78, 5) is 27.4. The lowest BCUT2D eigenvalue weighted by atomic mass is 9.99. The molecule has 2 N–H and O–H groups in total. The number of likely N-dealkylation sites (tertiary alicyclic amines) is 1. The summed E-state index contributed by atoms with van der Waals surface area (Å²) in [5.41, 5.74) is 3.91. The molecule has 0 unspecified atom stereocenters. The van der Waals surface area contributed by atoms with Gasteiger partial charge in [0.15, 0.2) is 0 Å². The second kappa shape index (κ2) is 8.36. The molecule has 0 spiro atoms. The van der Waals surface area contributed by atoms with Crippen LogP contribution in [0, 0.1) is 0 Å². The van der Waals surface area contributed by atoms with E-state index in [9.17, 15) is 9.59 Å². The predicted molar refractivity (Wildman–Crippen MR) is 126 cm³/mol. The molecule has 156 valence electrons. The standard InChI is InChI=1S/C26H25N3O2/c30-25(12-15-29-13-3-4-14-29)27-20-10-11-24-22(17-20)23(26(31)28-24)16-19-8-5-7-18-6-1-2-9-21(18)19/h1-2,5-11,16-17H,3-4,12-15H2,(H,27,30)(H,28,31)/b23-16+. The number of anilines is 2. The molecular weight excluding hydrogens is 386 g/mol. The maximum absolute atomic E-state index is 12.7. The van der Waals surface area contributed by atoms with Crippen LogP contribution in [-0.2, 0) is 9.59 Å². The summed E-state index contributed by atoms with van der Waals surface area (Å²) in [6.45, 7) is 2.97. The van der Waals surface area contributed by atoms with Crippen LogP contribution in [0.1, 0.15) is 30.4 Å². The van der Waals surface area contributed by atoms with Gasteiger partial charge in [-0.15, -0.1) is 0 Å². The zero-order valence-electron chi connectivity index (χ0n) is 17.4. The van der Waals surface area contributed by atoms with Crippen molar-refractivity contribution < 1.29 is 9.59 Å². The average molecular weight is 412 g/mol. The molecule has 0 radical (unpaired) electrons. The molecule has 5 nitrogen and oxygen atoms in total. The maximum atomic E-state index is 12.7. The normalized spacial score (nSPS) is 17.2. The second-order valence-corrected chi connectivity index (χ2v) is 8.19. The predicted octanol–water partition coefficient (Wildman–Crippen LogP) is 4.76. The van der Waals surface area contributed by atoms with E-state index in [2.05, 4.69) is 33.7 Å². The van der Waals surface area contributed by atoms with E-state index >= 15 is 0 Å². The summed E-state index contributed by atoms with van der Waals surface area (Å²) in [6.07, 6.45) is 4.86. The number of amides is 2. The smallest absolute Gasteiger partial charge is 0.256 e. The Kier molecular flexibility index (Phi) is 5.26. The van der Waals surface area contributed by atoms with Gasteiger partial charge in [-0.1, -0.05) is 42.5 Å². The Morgan fingerprint density at radius 1 is 1.03 bits per heavy atom. The highest BCUT2D eigenvalue weighted by Gasteiger charge is 2.25. The van der Waals surface area contributed by atoms with Gasteiger partial charge in [0.05, 0.1) is 0 Å². The van der Waals surface area contributed by atoms with Crippen LogP contribution < -0.4 is 10.6 Å². The highest BCUT2D eigenvalue weighted by Crippen LogP contribution is 2.36. The minimum Gasteiger partial charge on any atom is -0.326 e. The fraction of sp³-hybridized carbons (Fsp3) is 0.231. The van der Waals surface area contributed by atoms with Gasteiger partial charge in [0, 0.05) is 35.5 Å². The SMILES string of the molecule is O=C(CCN1CCCC1)Nc1ccc2c(c1)/C(=C\c1cccc3ccccc13)C(=O)N2. The van der Waals surface area contributed by atoms with Gasteiger partial charge in [-0.25, -0.2) is 0 Å². The van der Waals surface area contributed by atoms with Gasteiger partial charge in [0.1, 0.15) is 0 Å². The molecule has 0 bridgehead atoms. The Hall–Kier alpha value is -3.44. The summed E-state index contributed by atoms with van der Waals surface area (Å²) in [5, 5.41) is 8.16. The number of fused-ring (bicyclic) bond motifs is 2. The first kappa shape index (κ1) is 19.5. The number of rotatable bonds is 5. The molecule has 0 atom stereocenters. The minimum atomic E-state index is -0.125. The molecule has 1 saturated heterocycles. The first-order chi connectivity index (χ1) is 15.2. The van der Waals surface area contributed by atoms with Crippen LogP contribution in [0.5, 0.6) is 0 Å². The van der Waals surface area contributed by atoms with Gasteiger partial charge in [-0.2, -0.15) is 0 Å². The molecule has 2 aliphatic heterocycles. The quantitative estimate of drug-likeness (QED) is 0.595. The van der Waals surface area contributed by atoms with Gasteiger partial charge < -0.3 is 15.5 Å². The molecule has 1 fully saturated rings. The van der Waals surface area contributed by atoms with E-state index in [1.54, 1.807) is 0 Å². The van der Waals surface area contributed by atoms with Gasteiger partial charge in [0.25, 0.3) is 5.91 Å². The lowest BCUT2D eigenvalue weighted by Gasteiger charge is -2.14. The van der Waals surface area contributed by atoms with E-state index in [-0.39, 0.29) is 11.8 Å². The fourth-order valence-electron chi connectivity index (χ4n) is 4.43. The topological polar surface area (TPSA) is 61.4 Å². The summed E-state index contributed by atoms with van der Waals surface area (Å²) in [6, 6.07) is 19.8. The van der Waals surface area contributed by atoms with Crippen LogP contribution in [0.25, 0.3) is 22.4 Å². The minimum absolute atomic E-state index is 0.00344. The van der Waals surface area contributed by atoms with Gasteiger partial charge >= 0.3 is 0 Å². The second-order valence-electron chi connectivity index (χ2n) is 8.19. The van der Waals surface area contributed by atoms with Crippen molar-refractivity contribution >= 4 is 45.6 Å². The molecule has 31 heavy (non-hydrogen) atoms. The van der Waals surface area contributed by atoms with Gasteiger partial charge in [-0.05, 0) is 66.5 Å². The molecule has 0 aliphatic carbocycles. The first-order valence-electron chi connectivity index (χ1n) is 10.8. The van der Waals surface area contributed by atoms with Crippen molar-refractivity contribution in [3.05, 3.63) is 71.8 Å². The summed E-state index contributed by atoms with van der Waals surface area (Å²) in [5.74, 6) is -0.121. The number of benzene rings is 3. The van der Waals surface area contributed by atoms with E-state index in [0.29, 0.717) is 17.7 Å². The Labute approximate surface area is 181 Å². The number of carbonyl (C=O) groups excluding carboxylic acids is 2. The van der Waals surface area contributed by atoms with E-state index in [0.717, 1.165) is 47.2 Å². The lowest BCUT2D eigenvalue weighted by Crippen LogP contribution is -2.25. The van der Waals surface area contributed by atoms with Crippen LogP contribution >= 0.6 is 0 Å². The third kappa shape index (κ3) is 4.09. The molecule has 0 aromatic heterocycles. The molecule has 2 aliphatic rings. The van der Waals surface area contributed by atoms with Crippen molar-refractivity contribution in [3.8, 4) is 0 Å². The highest BCUT2D eigenvalue weighted by atomic mass is 16.2. The average Bonchev–Trinajstić information content (AvgIpc) is 3.41. The van der Waals surface area contributed by atoms with Crippen LogP contribution in [0.4, 0.5) is 11.4 Å². The summed E-state index contributed by atoms with van der Waals surface area (Å²) in [7, 11) is 0. The van der Waals surface area contributed by atoms with Crippen molar-refractivity contribution in [1.29, 1.82) is 0 Å². The molecule has 5 rings (SSSR count). The van der Waals surface area contributed by atoms with Gasteiger partial charge in [-0.3, -0.25) is 9.59 Å². The molecule has 2 amide bonds. The van der Waals surface area contributed by atoms with Crippen LogP contribution in [0.2, 0.25) is 0 Å². The van der Waals surface area contributed by atoms with E-state index in [1.807, 2.05) is 48.5 Å².